The van der Waals surface area contributed by atoms with Crippen LogP contribution in [0.2, 0.25) is 0 Å². The van der Waals surface area contributed by atoms with Crippen molar-refractivity contribution in [3.63, 3.8) is 0 Å². The Kier molecular flexibility index (Phi) is 5.61. The van der Waals surface area contributed by atoms with Crippen LogP contribution in [0.4, 0.5) is 0 Å². The van der Waals surface area contributed by atoms with E-state index in [4.69, 9.17) is 4.74 Å². The van der Waals surface area contributed by atoms with Crippen LogP contribution in [0.25, 0.3) is 0 Å². The van der Waals surface area contributed by atoms with Gasteiger partial charge in [-0.1, -0.05) is 6.42 Å². The molecule has 0 atom stereocenters. The van der Waals surface area contributed by atoms with Gasteiger partial charge in [-0.05, 0) is 32.9 Å². The van der Waals surface area contributed by atoms with Gasteiger partial charge in [0, 0.05) is 37.5 Å². The largest absolute Gasteiger partial charge is 0.497 e. The first kappa shape index (κ1) is 14.3. The van der Waals surface area contributed by atoms with Gasteiger partial charge in [0.1, 0.15) is 5.75 Å². The Morgan fingerprint density at radius 1 is 1.26 bits per heavy atom. The summed E-state index contributed by atoms with van der Waals surface area (Å²) >= 11 is 0. The first-order chi connectivity index (χ1) is 9.28. The molecule has 0 aromatic carbocycles. The molecule has 0 amide bonds. The zero-order valence-corrected chi connectivity index (χ0v) is 12.1. The highest BCUT2D eigenvalue weighted by molar-refractivity contribution is 5.26. The minimum Gasteiger partial charge on any atom is -0.497 e. The number of nitrogens with one attached hydrogen (secondary N) is 1. The standard InChI is InChI=1S/C15H25N3O/c1-13-10-15(19-2)11-14(17-13)12-16-6-9-18-7-4-3-5-8-18/h10-11,16H,3-9,12H2,1-2H3. The highest BCUT2D eigenvalue weighted by atomic mass is 16.5. The molecule has 1 aromatic rings. The molecule has 1 aliphatic heterocycles. The number of methoxy groups -OCH3 is 1. The Bertz CT molecular complexity index is 389. The molecule has 2 heterocycles. The summed E-state index contributed by atoms with van der Waals surface area (Å²) in [6.45, 7) is 7.50. The Balaban J connectivity index is 1.71. The second-order valence-electron chi connectivity index (χ2n) is 5.22. The molecule has 1 aromatic heterocycles. The third-order valence-corrected chi connectivity index (χ3v) is 3.58. The lowest BCUT2D eigenvalue weighted by Crippen LogP contribution is -2.35. The molecule has 0 unspecified atom stereocenters. The van der Waals surface area contributed by atoms with Crippen molar-refractivity contribution in [2.75, 3.05) is 33.3 Å². The summed E-state index contributed by atoms with van der Waals surface area (Å²) in [6.07, 6.45) is 4.12. The van der Waals surface area contributed by atoms with Crippen LogP contribution >= 0.6 is 0 Å². The number of aryl methyl sites for hydroxylation is 1. The molecule has 106 valence electrons. The zero-order chi connectivity index (χ0) is 13.5. The van der Waals surface area contributed by atoms with Crippen LogP contribution in [0, 0.1) is 6.92 Å². The fraction of sp³-hybridized carbons (Fsp3) is 0.667. The summed E-state index contributed by atoms with van der Waals surface area (Å²) in [5.41, 5.74) is 2.06. The van der Waals surface area contributed by atoms with Crippen molar-refractivity contribution in [3.05, 3.63) is 23.5 Å². The summed E-state index contributed by atoms with van der Waals surface area (Å²) < 4.78 is 5.26. The third-order valence-electron chi connectivity index (χ3n) is 3.58. The summed E-state index contributed by atoms with van der Waals surface area (Å²) in [5.74, 6) is 0.889. The second-order valence-corrected chi connectivity index (χ2v) is 5.22. The molecule has 1 saturated heterocycles. The molecule has 0 saturated carbocycles. The zero-order valence-electron chi connectivity index (χ0n) is 12.1. The summed E-state index contributed by atoms with van der Waals surface area (Å²) in [5, 5.41) is 3.47. The molecule has 0 bridgehead atoms. The number of piperidine rings is 1. The predicted molar refractivity (Wildman–Crippen MR) is 77.5 cm³/mol. The SMILES string of the molecule is COc1cc(C)nc(CNCCN2CCCCC2)c1. The smallest absolute Gasteiger partial charge is 0.122 e. The molecular formula is C15H25N3O. The number of rotatable bonds is 6. The van der Waals surface area contributed by atoms with Crippen LogP contribution in [0.15, 0.2) is 12.1 Å². The van der Waals surface area contributed by atoms with Gasteiger partial charge in [0.15, 0.2) is 0 Å². The van der Waals surface area contributed by atoms with Gasteiger partial charge in [-0.3, -0.25) is 4.98 Å². The van der Waals surface area contributed by atoms with E-state index in [1.54, 1.807) is 7.11 Å². The van der Waals surface area contributed by atoms with Gasteiger partial charge in [-0.15, -0.1) is 0 Å². The first-order valence-electron chi connectivity index (χ1n) is 7.22. The lowest BCUT2D eigenvalue weighted by Gasteiger charge is -2.26. The first-order valence-corrected chi connectivity index (χ1v) is 7.22. The molecular weight excluding hydrogens is 238 g/mol. The Morgan fingerprint density at radius 3 is 2.79 bits per heavy atom. The van der Waals surface area contributed by atoms with Crippen LogP contribution in [-0.2, 0) is 6.54 Å². The van der Waals surface area contributed by atoms with E-state index >= 15 is 0 Å². The van der Waals surface area contributed by atoms with Gasteiger partial charge in [-0.2, -0.15) is 0 Å². The normalized spacial score (nSPS) is 16.5. The van der Waals surface area contributed by atoms with Crippen molar-refractivity contribution in [1.29, 1.82) is 0 Å². The van der Waals surface area contributed by atoms with E-state index < -0.39 is 0 Å². The van der Waals surface area contributed by atoms with Gasteiger partial charge < -0.3 is 15.0 Å². The molecule has 0 radical (unpaired) electrons. The van der Waals surface area contributed by atoms with Crippen LogP contribution < -0.4 is 10.1 Å². The summed E-state index contributed by atoms with van der Waals surface area (Å²) in [7, 11) is 1.70. The Morgan fingerprint density at radius 2 is 2.05 bits per heavy atom. The average Bonchev–Trinajstić information content (AvgIpc) is 2.44. The molecule has 0 aliphatic carbocycles. The summed E-state index contributed by atoms with van der Waals surface area (Å²) in [4.78, 5) is 7.05. The molecule has 1 fully saturated rings. The van der Waals surface area contributed by atoms with Crippen molar-refractivity contribution in [3.8, 4) is 5.75 Å². The van der Waals surface area contributed by atoms with Crippen LogP contribution in [0.3, 0.4) is 0 Å². The van der Waals surface area contributed by atoms with Gasteiger partial charge in [0.25, 0.3) is 0 Å². The quantitative estimate of drug-likeness (QED) is 0.796. The Hall–Kier alpha value is -1.13. The number of ether oxygens (including phenoxy) is 1. The van der Waals surface area contributed by atoms with Crippen LogP contribution in [0.1, 0.15) is 30.7 Å². The molecule has 19 heavy (non-hydrogen) atoms. The Labute approximate surface area is 116 Å². The van der Waals surface area contributed by atoms with E-state index in [0.29, 0.717) is 0 Å². The van der Waals surface area contributed by atoms with E-state index in [-0.39, 0.29) is 0 Å². The van der Waals surface area contributed by atoms with Crippen molar-refractivity contribution in [1.82, 2.24) is 15.2 Å². The van der Waals surface area contributed by atoms with Crippen molar-refractivity contribution in [2.24, 2.45) is 0 Å². The van der Waals surface area contributed by atoms with Crippen LogP contribution in [-0.4, -0.2) is 43.2 Å². The minimum absolute atomic E-state index is 0.811. The van der Waals surface area contributed by atoms with Crippen molar-refractivity contribution < 1.29 is 4.74 Å². The minimum atomic E-state index is 0.811. The molecule has 1 N–H and O–H groups in total. The average molecular weight is 263 g/mol. The number of hydrogen-bond donors (Lipinski definition) is 1. The number of pyridine rings is 1. The molecule has 4 nitrogen and oxygen atoms in total. The fourth-order valence-electron chi connectivity index (χ4n) is 2.55. The van der Waals surface area contributed by atoms with E-state index in [1.165, 1.54) is 32.4 Å². The van der Waals surface area contributed by atoms with Gasteiger partial charge in [0.05, 0.1) is 12.8 Å². The number of likely N-dealkylation sites (tertiary alicyclic amines) is 1. The predicted octanol–water partition coefficient (Wildman–Crippen LogP) is 1.97. The second kappa shape index (κ2) is 7.46. The molecule has 2 rings (SSSR count). The highest BCUT2D eigenvalue weighted by Gasteiger charge is 2.08. The molecule has 4 heteroatoms. The third kappa shape index (κ3) is 4.80. The van der Waals surface area contributed by atoms with Crippen LogP contribution in [0.5, 0.6) is 5.75 Å². The maximum Gasteiger partial charge on any atom is 0.122 e. The lowest BCUT2D eigenvalue weighted by molar-refractivity contribution is 0.229. The van der Waals surface area contributed by atoms with Crippen molar-refractivity contribution in [2.45, 2.75) is 32.7 Å². The maximum atomic E-state index is 5.26. The van der Waals surface area contributed by atoms with Gasteiger partial charge in [-0.25, -0.2) is 0 Å². The monoisotopic (exact) mass is 263 g/mol. The van der Waals surface area contributed by atoms with Gasteiger partial charge in [0.2, 0.25) is 0 Å². The summed E-state index contributed by atoms with van der Waals surface area (Å²) in [6, 6.07) is 3.96. The van der Waals surface area contributed by atoms with E-state index in [0.717, 1.165) is 36.8 Å². The number of hydrogen-bond acceptors (Lipinski definition) is 4. The fourth-order valence-corrected chi connectivity index (χ4v) is 2.55. The molecule has 1 aliphatic rings. The molecule has 0 spiro atoms. The highest BCUT2D eigenvalue weighted by Crippen LogP contribution is 2.13. The van der Waals surface area contributed by atoms with Gasteiger partial charge >= 0.3 is 0 Å². The topological polar surface area (TPSA) is 37.4 Å². The van der Waals surface area contributed by atoms with E-state index in [9.17, 15) is 0 Å². The van der Waals surface area contributed by atoms with Crippen molar-refractivity contribution >= 4 is 0 Å². The van der Waals surface area contributed by atoms with E-state index in [2.05, 4.69) is 15.2 Å². The number of nitrogens with zero attached hydrogens (tertiary/aromatic N) is 2. The van der Waals surface area contributed by atoms with E-state index in [1.807, 2.05) is 19.1 Å². The maximum absolute atomic E-state index is 5.26. The lowest BCUT2D eigenvalue weighted by atomic mass is 10.1. The number of aromatic nitrogens is 1.